The predicted octanol–water partition coefficient (Wildman–Crippen LogP) is 1.51. The summed E-state index contributed by atoms with van der Waals surface area (Å²) in [4.78, 5) is 33.2. The van der Waals surface area contributed by atoms with Gasteiger partial charge < -0.3 is 19.3 Å². The van der Waals surface area contributed by atoms with E-state index in [9.17, 15) is 19.2 Å². The minimum Gasteiger partial charge on any atom is -0.362 e. The number of fused-ring (bicyclic) bond motifs is 2. The molecule has 42 heavy (non-hydrogen) atoms. The lowest BCUT2D eigenvalue weighted by atomic mass is 9.68. The molecule has 1 aromatic carbocycles. The molecule has 3 saturated heterocycles. The molecule has 6 rings (SSSR count). The maximum atomic E-state index is 14.8. The molecule has 226 valence electrons. The molecule has 7 atom stereocenters. The second kappa shape index (κ2) is 12.1. The first-order chi connectivity index (χ1) is 20.3. The molecule has 0 bridgehead atoms. The Morgan fingerprint density at radius 2 is 2.14 bits per heavy atom. The quantitative estimate of drug-likeness (QED) is 0.484. The van der Waals surface area contributed by atoms with Gasteiger partial charge in [-0.05, 0) is 62.5 Å². The number of carbonyl (C=O) groups is 2. The molecule has 1 saturated carbocycles. The summed E-state index contributed by atoms with van der Waals surface area (Å²) in [6.45, 7) is 6.96. The van der Waals surface area contributed by atoms with Crippen LogP contribution < -0.4 is 10.6 Å². The third-order valence-corrected chi connectivity index (χ3v) is 10.1. The highest BCUT2D eigenvalue weighted by Crippen LogP contribution is 2.42. The van der Waals surface area contributed by atoms with Gasteiger partial charge in [-0.15, -0.1) is 0 Å². The van der Waals surface area contributed by atoms with Crippen LogP contribution in [-0.4, -0.2) is 102 Å². The van der Waals surface area contributed by atoms with Crippen LogP contribution in [0.1, 0.15) is 43.2 Å². The van der Waals surface area contributed by atoms with E-state index < -0.39 is 18.0 Å². The molecule has 0 radical (unpaired) electrons. The molecule has 11 heteroatoms. The molecule has 10 nitrogen and oxygen atoms in total. The number of carbonyl (C=O) groups excluding carboxylic acids is 2. The molecular weight excluding hydrogens is 539 g/mol. The summed E-state index contributed by atoms with van der Waals surface area (Å²) >= 11 is 0. The van der Waals surface area contributed by atoms with Gasteiger partial charge >= 0.3 is 0 Å². The van der Waals surface area contributed by atoms with Gasteiger partial charge in [-0.25, -0.2) is 4.39 Å². The van der Waals surface area contributed by atoms with Crippen LogP contribution >= 0.6 is 0 Å². The molecule has 1 aromatic rings. The minimum atomic E-state index is -1.08. The zero-order chi connectivity index (χ0) is 29.4. The first-order valence-electron chi connectivity index (χ1n) is 15.2. The Morgan fingerprint density at radius 3 is 2.90 bits per heavy atom. The summed E-state index contributed by atoms with van der Waals surface area (Å²) in [5.74, 6) is -0.616. The summed E-state index contributed by atoms with van der Waals surface area (Å²) in [6, 6.07) is 6.71. The maximum Gasteiger partial charge on any atom is 0.246 e. The van der Waals surface area contributed by atoms with Crippen LogP contribution in [0.3, 0.4) is 0 Å². The van der Waals surface area contributed by atoms with E-state index in [-0.39, 0.29) is 55.1 Å². The van der Waals surface area contributed by atoms with E-state index in [1.807, 2.05) is 6.07 Å². The van der Waals surface area contributed by atoms with Gasteiger partial charge in [0.2, 0.25) is 5.91 Å². The molecule has 1 amide bonds. The number of likely N-dealkylation sites (N-methyl/N-ethyl adjacent to an activating group) is 1. The van der Waals surface area contributed by atoms with Crippen molar-refractivity contribution < 1.29 is 23.5 Å². The van der Waals surface area contributed by atoms with Gasteiger partial charge in [-0.1, -0.05) is 18.7 Å². The second-order valence-electron chi connectivity index (χ2n) is 12.4. The van der Waals surface area contributed by atoms with Gasteiger partial charge in [0, 0.05) is 38.0 Å². The first-order valence-corrected chi connectivity index (χ1v) is 15.2. The number of halogens is 1. The summed E-state index contributed by atoms with van der Waals surface area (Å²) in [5.41, 5.74) is 0.282. The molecule has 4 heterocycles. The van der Waals surface area contributed by atoms with Crippen LogP contribution in [0.2, 0.25) is 0 Å². The highest BCUT2D eigenvalue weighted by Gasteiger charge is 2.56. The Balaban J connectivity index is 1.25. The Morgan fingerprint density at radius 1 is 1.29 bits per heavy atom. The standard InChI is InChI=1S/C31H41FN6O4/c1-3-26(39)38-15-14-37(17-21(38)10-12-33)29-23-9-11-31(16-24-20(18-42-31)6-4-8-25(24)32)28(40)27(23)34-30(35-29)41-19-22-7-5-13-36(22)2/h3-4,6,8,21-23,27,29-30,34-35H,1,5,7,9-11,13-19H2,2H3/t21?,22?,23?,27?,29?,30?,31-/m1/s1. The van der Waals surface area contributed by atoms with Gasteiger partial charge in [0.15, 0.2) is 12.1 Å². The van der Waals surface area contributed by atoms with Crippen molar-refractivity contribution in [3.63, 3.8) is 0 Å². The fourth-order valence-corrected chi connectivity index (χ4v) is 7.69. The minimum absolute atomic E-state index is 0.0558. The molecule has 6 unspecified atom stereocenters. The maximum absolute atomic E-state index is 14.8. The molecular formula is C31H41FN6O4. The molecule has 0 aromatic heterocycles. The summed E-state index contributed by atoms with van der Waals surface area (Å²) in [5, 5.41) is 16.6. The van der Waals surface area contributed by atoms with Crippen LogP contribution in [0.5, 0.6) is 0 Å². The van der Waals surface area contributed by atoms with Crippen molar-refractivity contribution in [2.45, 2.75) is 81.4 Å². The van der Waals surface area contributed by atoms with Gasteiger partial charge in [0.25, 0.3) is 0 Å². The molecule has 4 fully saturated rings. The summed E-state index contributed by atoms with van der Waals surface area (Å²) < 4.78 is 27.5. The second-order valence-corrected chi connectivity index (χ2v) is 12.4. The number of rotatable bonds is 6. The van der Waals surface area contributed by atoms with Crippen LogP contribution in [0.4, 0.5) is 4.39 Å². The zero-order valence-electron chi connectivity index (χ0n) is 24.3. The number of amides is 1. The van der Waals surface area contributed by atoms with E-state index in [1.165, 1.54) is 12.1 Å². The average Bonchev–Trinajstić information content (AvgIpc) is 3.42. The van der Waals surface area contributed by atoms with E-state index in [4.69, 9.17) is 9.47 Å². The third kappa shape index (κ3) is 5.41. The molecule has 4 aliphatic heterocycles. The van der Waals surface area contributed by atoms with Crippen LogP contribution in [0.15, 0.2) is 30.9 Å². The lowest BCUT2D eigenvalue weighted by Crippen LogP contribution is -2.75. The van der Waals surface area contributed by atoms with Crippen molar-refractivity contribution in [3.05, 3.63) is 47.8 Å². The van der Waals surface area contributed by atoms with Crippen molar-refractivity contribution >= 4 is 11.7 Å². The van der Waals surface area contributed by atoms with Crippen LogP contribution in [0, 0.1) is 23.1 Å². The monoisotopic (exact) mass is 580 g/mol. The molecule has 5 aliphatic rings. The Bertz CT molecular complexity index is 1260. The fraction of sp³-hybridized carbons (Fsp3) is 0.645. The van der Waals surface area contributed by atoms with Gasteiger partial charge in [-0.2, -0.15) is 5.26 Å². The Kier molecular flexibility index (Phi) is 8.46. The topological polar surface area (TPSA) is 110 Å². The van der Waals surface area contributed by atoms with E-state index in [0.29, 0.717) is 50.7 Å². The molecule has 1 aliphatic carbocycles. The van der Waals surface area contributed by atoms with E-state index >= 15 is 0 Å². The van der Waals surface area contributed by atoms with E-state index in [2.05, 4.69) is 40.1 Å². The Hall–Kier alpha value is -2.72. The number of ketones is 1. The first kappa shape index (κ1) is 29.4. The lowest BCUT2D eigenvalue weighted by Gasteiger charge is -2.55. The smallest absolute Gasteiger partial charge is 0.246 e. The highest BCUT2D eigenvalue weighted by atomic mass is 19.1. The van der Waals surface area contributed by atoms with Crippen molar-refractivity contribution in [2.24, 2.45) is 5.92 Å². The van der Waals surface area contributed by atoms with Crippen LogP contribution in [0.25, 0.3) is 0 Å². The number of piperazine rings is 1. The molecule has 1 spiro atoms. The predicted molar refractivity (Wildman–Crippen MR) is 152 cm³/mol. The number of hydrogen-bond donors (Lipinski definition) is 2. The number of nitrogens with zero attached hydrogens (tertiary/aromatic N) is 4. The summed E-state index contributed by atoms with van der Waals surface area (Å²) in [7, 11) is 2.10. The molecule has 2 N–H and O–H groups in total. The number of benzene rings is 1. The number of Topliss-reactive ketones (excluding diaryl/α,β-unsaturated/α-hetero) is 1. The number of nitrogens with one attached hydrogen (secondary N) is 2. The lowest BCUT2D eigenvalue weighted by molar-refractivity contribution is -0.174. The van der Waals surface area contributed by atoms with Gasteiger partial charge in [0.1, 0.15) is 11.4 Å². The van der Waals surface area contributed by atoms with Crippen molar-refractivity contribution in [3.8, 4) is 6.07 Å². The number of nitriles is 1. The number of likely N-dealkylation sites (tertiary alicyclic amines) is 1. The van der Waals surface area contributed by atoms with Crippen molar-refractivity contribution in [1.82, 2.24) is 25.3 Å². The third-order valence-electron chi connectivity index (χ3n) is 10.1. The fourth-order valence-electron chi connectivity index (χ4n) is 7.69. The van der Waals surface area contributed by atoms with Crippen LogP contribution in [-0.2, 0) is 32.1 Å². The van der Waals surface area contributed by atoms with E-state index in [0.717, 1.165) is 24.9 Å². The zero-order valence-corrected chi connectivity index (χ0v) is 24.3. The highest BCUT2D eigenvalue weighted by molar-refractivity contribution is 5.94. The number of ether oxygens (including phenoxy) is 2. The number of hydrogen-bond acceptors (Lipinski definition) is 9. The van der Waals surface area contributed by atoms with Crippen molar-refractivity contribution in [2.75, 3.05) is 39.8 Å². The average molecular weight is 581 g/mol. The van der Waals surface area contributed by atoms with Crippen molar-refractivity contribution in [1.29, 1.82) is 5.26 Å². The van der Waals surface area contributed by atoms with Gasteiger partial charge in [0.05, 0.1) is 44.0 Å². The van der Waals surface area contributed by atoms with E-state index in [1.54, 1.807) is 11.0 Å². The van der Waals surface area contributed by atoms with Gasteiger partial charge in [-0.3, -0.25) is 25.1 Å². The normalized spacial score (nSPS) is 35.5. The SMILES string of the molecule is C=CC(=O)N1CCN(C2NC(OCC3CCCN3C)NC3C(=O)[C@@]4(CCC32)Cc2c(F)cccc2CO4)CC1CC#N. The Labute approximate surface area is 246 Å². The summed E-state index contributed by atoms with van der Waals surface area (Å²) in [6.07, 6.45) is 4.34. The largest absolute Gasteiger partial charge is 0.362 e.